The van der Waals surface area contributed by atoms with Gasteiger partial charge in [0.05, 0.1) is 6.42 Å². The second-order valence-electron chi connectivity index (χ2n) is 11.6. The summed E-state index contributed by atoms with van der Waals surface area (Å²) >= 11 is 0. The lowest BCUT2D eigenvalue weighted by Gasteiger charge is -2.37. The third kappa shape index (κ3) is 9.40. The van der Waals surface area contributed by atoms with Gasteiger partial charge in [-0.15, -0.1) is 0 Å². The average molecular weight is 617 g/mol. The van der Waals surface area contributed by atoms with Crippen LogP contribution >= 0.6 is 0 Å². The topological polar surface area (TPSA) is 163 Å². The molecule has 0 bridgehead atoms. The first-order valence-corrected chi connectivity index (χ1v) is 14.5. The van der Waals surface area contributed by atoms with Crippen molar-refractivity contribution in [3.05, 3.63) is 108 Å². The standard InChI is InChI=1S/C34H40N4O7/c1-22(35-29(40)23(2)36-32(44)45-33(3,4)5)30(41)37-27(31(42)43)21-28(39)38-34(24-15-9-6-10-16-24,25-17-11-7-12-18-25)26-19-13-8-14-20-26/h6-20,22-23,27H,21H2,1-5H3,(H,35,40)(H,36,44)(H,37,41)(H,38,39)(H,42,43)/t22-,23-,27-/m0/s1. The van der Waals surface area contributed by atoms with E-state index in [9.17, 15) is 29.1 Å². The molecule has 0 aliphatic rings. The van der Waals surface area contributed by atoms with Crippen LogP contribution in [0.5, 0.6) is 0 Å². The maximum Gasteiger partial charge on any atom is 0.408 e. The molecule has 5 N–H and O–H groups in total. The number of carboxylic acid groups (broad SMARTS) is 1. The summed E-state index contributed by atoms with van der Waals surface area (Å²) in [5.41, 5.74) is 0.299. The number of amides is 4. The van der Waals surface area contributed by atoms with Gasteiger partial charge in [0.25, 0.3) is 0 Å². The molecule has 11 heteroatoms. The summed E-state index contributed by atoms with van der Waals surface area (Å²) in [6.07, 6.45) is -1.40. The van der Waals surface area contributed by atoms with Crippen LogP contribution in [0.1, 0.15) is 57.7 Å². The minimum Gasteiger partial charge on any atom is -0.480 e. The SMILES string of the molecule is C[C@H](NC(=O)OC(C)(C)C)C(=O)N[C@@H](C)C(=O)N[C@@H](CC(=O)NC(c1ccccc1)(c1ccccc1)c1ccccc1)C(=O)O. The van der Waals surface area contributed by atoms with E-state index in [-0.39, 0.29) is 0 Å². The molecule has 0 aliphatic carbocycles. The molecular formula is C34H40N4O7. The van der Waals surface area contributed by atoms with Crippen LogP contribution in [-0.4, -0.2) is 58.6 Å². The number of carboxylic acids is 1. The number of rotatable bonds is 12. The molecule has 0 aromatic heterocycles. The zero-order chi connectivity index (χ0) is 33.2. The normalized spacial score (nSPS) is 13.4. The summed E-state index contributed by atoms with van der Waals surface area (Å²) < 4.78 is 5.13. The van der Waals surface area contributed by atoms with Gasteiger partial charge in [-0.1, -0.05) is 91.0 Å². The molecule has 11 nitrogen and oxygen atoms in total. The third-order valence-corrected chi connectivity index (χ3v) is 6.83. The maximum absolute atomic E-state index is 13.7. The van der Waals surface area contributed by atoms with E-state index < -0.39 is 65.5 Å². The Morgan fingerprint density at radius 1 is 0.667 bits per heavy atom. The fraction of sp³-hybridized carbons (Fsp3) is 0.324. The number of ether oxygens (including phenoxy) is 1. The second-order valence-corrected chi connectivity index (χ2v) is 11.6. The Kier molecular flexibility index (Phi) is 11.4. The van der Waals surface area contributed by atoms with Crippen LogP contribution in [-0.2, 0) is 29.5 Å². The number of benzene rings is 3. The molecule has 0 saturated carbocycles. The van der Waals surface area contributed by atoms with Crippen molar-refractivity contribution in [3.8, 4) is 0 Å². The lowest BCUT2D eigenvalue weighted by molar-refractivity contribution is -0.144. The van der Waals surface area contributed by atoms with Crippen molar-refractivity contribution in [1.82, 2.24) is 21.3 Å². The van der Waals surface area contributed by atoms with Gasteiger partial charge in [-0.05, 0) is 51.3 Å². The number of nitrogens with one attached hydrogen (secondary N) is 4. The van der Waals surface area contributed by atoms with Gasteiger partial charge >= 0.3 is 12.1 Å². The van der Waals surface area contributed by atoms with Crippen LogP contribution in [0.25, 0.3) is 0 Å². The summed E-state index contributed by atoms with van der Waals surface area (Å²) in [7, 11) is 0. The predicted molar refractivity (Wildman–Crippen MR) is 168 cm³/mol. The van der Waals surface area contributed by atoms with Crippen molar-refractivity contribution in [2.24, 2.45) is 0 Å². The first-order valence-electron chi connectivity index (χ1n) is 14.5. The number of carbonyl (C=O) groups excluding carboxylic acids is 4. The minimum atomic E-state index is -1.60. The van der Waals surface area contributed by atoms with Crippen LogP contribution in [0.4, 0.5) is 4.79 Å². The molecule has 0 fully saturated rings. The lowest BCUT2D eigenvalue weighted by atomic mass is 9.77. The van der Waals surface area contributed by atoms with E-state index >= 15 is 0 Å². The predicted octanol–water partition coefficient (Wildman–Crippen LogP) is 3.47. The Morgan fingerprint density at radius 2 is 1.07 bits per heavy atom. The summed E-state index contributed by atoms with van der Waals surface area (Å²) in [5, 5.41) is 20.1. The number of aliphatic carboxylic acids is 1. The molecule has 0 spiro atoms. The molecule has 3 aromatic carbocycles. The number of hydrogen-bond donors (Lipinski definition) is 5. The van der Waals surface area contributed by atoms with Gasteiger partial charge in [-0.25, -0.2) is 9.59 Å². The van der Waals surface area contributed by atoms with Crippen molar-refractivity contribution < 1.29 is 33.8 Å². The number of carbonyl (C=O) groups is 5. The van der Waals surface area contributed by atoms with E-state index in [1.54, 1.807) is 20.8 Å². The highest BCUT2D eigenvalue weighted by Crippen LogP contribution is 2.36. The molecule has 45 heavy (non-hydrogen) atoms. The van der Waals surface area contributed by atoms with Gasteiger partial charge < -0.3 is 31.1 Å². The van der Waals surface area contributed by atoms with Crippen molar-refractivity contribution in [2.75, 3.05) is 0 Å². The fourth-order valence-electron chi connectivity index (χ4n) is 4.68. The Bertz CT molecular complexity index is 1380. The summed E-state index contributed by atoms with van der Waals surface area (Å²) in [6, 6.07) is 24.1. The van der Waals surface area contributed by atoms with Crippen LogP contribution in [0, 0.1) is 0 Å². The van der Waals surface area contributed by atoms with Crippen LogP contribution in [0.15, 0.2) is 91.0 Å². The molecule has 238 valence electrons. The molecule has 0 aliphatic heterocycles. The minimum absolute atomic E-state index is 0.591. The summed E-state index contributed by atoms with van der Waals surface area (Å²) in [6.45, 7) is 7.79. The van der Waals surface area contributed by atoms with E-state index in [1.807, 2.05) is 91.0 Å². The zero-order valence-corrected chi connectivity index (χ0v) is 26.0. The van der Waals surface area contributed by atoms with Crippen molar-refractivity contribution in [1.29, 1.82) is 0 Å². The van der Waals surface area contributed by atoms with Gasteiger partial charge in [-0.3, -0.25) is 14.4 Å². The summed E-state index contributed by atoms with van der Waals surface area (Å²) in [5.74, 6) is -3.58. The first kappa shape index (κ1) is 34.3. The fourth-order valence-corrected chi connectivity index (χ4v) is 4.68. The molecule has 3 atom stereocenters. The Morgan fingerprint density at radius 3 is 1.47 bits per heavy atom. The van der Waals surface area contributed by atoms with Crippen LogP contribution in [0.3, 0.4) is 0 Å². The lowest BCUT2D eigenvalue weighted by Crippen LogP contribution is -2.55. The highest BCUT2D eigenvalue weighted by molar-refractivity contribution is 5.94. The highest BCUT2D eigenvalue weighted by Gasteiger charge is 2.39. The molecule has 0 unspecified atom stereocenters. The van der Waals surface area contributed by atoms with Gasteiger partial charge in [0.2, 0.25) is 17.7 Å². The zero-order valence-electron chi connectivity index (χ0n) is 26.0. The van der Waals surface area contributed by atoms with Crippen LogP contribution < -0.4 is 21.3 Å². The van der Waals surface area contributed by atoms with Gasteiger partial charge in [0, 0.05) is 0 Å². The highest BCUT2D eigenvalue weighted by atomic mass is 16.6. The summed E-state index contributed by atoms with van der Waals surface area (Å²) in [4.78, 5) is 63.3. The van der Waals surface area contributed by atoms with Crippen LogP contribution in [0.2, 0.25) is 0 Å². The Balaban J connectivity index is 1.77. The third-order valence-electron chi connectivity index (χ3n) is 6.83. The molecule has 4 amide bonds. The molecule has 3 aromatic rings. The van der Waals surface area contributed by atoms with Crippen molar-refractivity contribution >= 4 is 29.8 Å². The largest absolute Gasteiger partial charge is 0.480 e. The van der Waals surface area contributed by atoms with Gasteiger partial charge in [0.15, 0.2) is 0 Å². The number of alkyl carbamates (subject to hydrolysis) is 1. The smallest absolute Gasteiger partial charge is 0.408 e. The monoisotopic (exact) mass is 616 g/mol. The van der Waals surface area contributed by atoms with E-state index in [4.69, 9.17) is 4.74 Å². The maximum atomic E-state index is 13.7. The average Bonchev–Trinajstić information content (AvgIpc) is 2.99. The molecule has 0 heterocycles. The van der Waals surface area contributed by atoms with E-state index in [2.05, 4.69) is 21.3 Å². The number of hydrogen-bond acceptors (Lipinski definition) is 6. The van der Waals surface area contributed by atoms with Gasteiger partial charge in [0.1, 0.15) is 29.3 Å². The molecule has 3 rings (SSSR count). The second kappa shape index (κ2) is 15.0. The first-order chi connectivity index (χ1) is 21.2. The van der Waals surface area contributed by atoms with Gasteiger partial charge in [-0.2, -0.15) is 0 Å². The quantitative estimate of drug-likeness (QED) is 0.195. The van der Waals surface area contributed by atoms with Crippen molar-refractivity contribution in [2.45, 2.75) is 70.3 Å². The Labute approximate surface area is 262 Å². The molecular weight excluding hydrogens is 576 g/mol. The van der Waals surface area contributed by atoms with E-state index in [0.29, 0.717) is 0 Å². The molecule has 0 radical (unpaired) electrons. The van der Waals surface area contributed by atoms with Crippen molar-refractivity contribution in [3.63, 3.8) is 0 Å². The van der Waals surface area contributed by atoms with E-state index in [0.717, 1.165) is 16.7 Å². The van der Waals surface area contributed by atoms with E-state index in [1.165, 1.54) is 13.8 Å². The molecule has 0 saturated heterocycles. The Hall–Kier alpha value is -5.19.